The van der Waals surface area contributed by atoms with E-state index in [1.54, 1.807) is 31.1 Å². The van der Waals surface area contributed by atoms with Crippen LogP contribution in [0.4, 0.5) is 0 Å². The number of nitrogens with zero attached hydrogens (tertiary/aromatic N) is 1. The lowest BCUT2D eigenvalue weighted by Gasteiger charge is -2.21. The van der Waals surface area contributed by atoms with Gasteiger partial charge in [-0.2, -0.15) is 0 Å². The number of rotatable bonds is 3. The van der Waals surface area contributed by atoms with Gasteiger partial charge in [0.1, 0.15) is 5.75 Å². The van der Waals surface area contributed by atoms with Gasteiger partial charge in [-0.05, 0) is 50.5 Å². The summed E-state index contributed by atoms with van der Waals surface area (Å²) in [6.45, 7) is 6.21. The van der Waals surface area contributed by atoms with Crippen LogP contribution >= 0.6 is 0 Å². The van der Waals surface area contributed by atoms with Gasteiger partial charge in [-0.3, -0.25) is 9.59 Å². The molecule has 1 aromatic carbocycles. The van der Waals surface area contributed by atoms with E-state index in [0.717, 1.165) is 16.9 Å². The van der Waals surface area contributed by atoms with Crippen molar-refractivity contribution in [2.45, 2.75) is 27.2 Å². The van der Waals surface area contributed by atoms with Crippen LogP contribution in [0.15, 0.2) is 12.1 Å². The molecule has 1 aliphatic heterocycles. The number of carbonyl (C=O) groups is 2. The van der Waals surface area contributed by atoms with E-state index in [4.69, 9.17) is 4.74 Å². The minimum atomic E-state index is -0.847. The van der Waals surface area contributed by atoms with Gasteiger partial charge in [0.05, 0.1) is 12.5 Å². The second-order valence-electron chi connectivity index (χ2n) is 5.99. The molecule has 0 radical (unpaired) electrons. The molecule has 1 atom stereocenters. The van der Waals surface area contributed by atoms with E-state index in [-0.39, 0.29) is 12.5 Å². The van der Waals surface area contributed by atoms with Gasteiger partial charge >= 0.3 is 5.97 Å². The number of hydrogen-bond acceptors (Lipinski definition) is 3. The molecule has 1 fully saturated rings. The Kier molecular flexibility index (Phi) is 3.94. The third-order valence-electron chi connectivity index (χ3n) is 4.19. The van der Waals surface area contributed by atoms with Crippen LogP contribution in [0.5, 0.6) is 5.75 Å². The average Bonchev–Trinajstić information content (AvgIpc) is 2.81. The quantitative estimate of drug-likeness (QED) is 0.927. The molecule has 1 N–H and O–H groups in total. The predicted molar refractivity (Wildman–Crippen MR) is 78.7 cm³/mol. The van der Waals surface area contributed by atoms with Crippen LogP contribution < -0.4 is 4.74 Å². The van der Waals surface area contributed by atoms with Crippen molar-refractivity contribution in [1.82, 2.24) is 4.90 Å². The van der Waals surface area contributed by atoms with Gasteiger partial charge in [0.25, 0.3) is 5.91 Å². The Bertz CT molecular complexity index is 573. The van der Waals surface area contributed by atoms with E-state index in [1.807, 2.05) is 13.8 Å². The van der Waals surface area contributed by atoms with Crippen LogP contribution in [0.2, 0.25) is 0 Å². The van der Waals surface area contributed by atoms with Crippen molar-refractivity contribution >= 4 is 11.9 Å². The number of ether oxygens (including phenoxy) is 1. The third-order valence-corrected chi connectivity index (χ3v) is 4.19. The number of amides is 1. The van der Waals surface area contributed by atoms with Crippen LogP contribution in [0, 0.1) is 19.3 Å². The van der Waals surface area contributed by atoms with Gasteiger partial charge in [-0.1, -0.05) is 0 Å². The summed E-state index contributed by atoms with van der Waals surface area (Å²) < 4.78 is 5.30. The van der Waals surface area contributed by atoms with E-state index in [1.165, 1.54) is 0 Å². The lowest BCUT2D eigenvalue weighted by atomic mass is 9.90. The minimum Gasteiger partial charge on any atom is -0.496 e. The maximum atomic E-state index is 12.6. The zero-order valence-corrected chi connectivity index (χ0v) is 12.9. The van der Waals surface area contributed by atoms with Crippen molar-refractivity contribution in [1.29, 1.82) is 0 Å². The Morgan fingerprint density at radius 1 is 1.29 bits per heavy atom. The summed E-state index contributed by atoms with van der Waals surface area (Å²) in [5.41, 5.74) is 1.55. The molecule has 1 heterocycles. The van der Waals surface area contributed by atoms with Crippen LogP contribution in [0.25, 0.3) is 0 Å². The smallest absolute Gasteiger partial charge is 0.311 e. The standard InChI is InChI=1S/C16H21NO4/c1-10-7-12(8-11(2)13(10)21-4)14(18)17-6-5-16(3,9-17)15(19)20/h7-8H,5-6,9H2,1-4H3,(H,19,20)/t16-/m0/s1. The zero-order valence-electron chi connectivity index (χ0n) is 12.9. The van der Waals surface area contributed by atoms with Crippen molar-refractivity contribution < 1.29 is 19.4 Å². The molecule has 0 aromatic heterocycles. The summed E-state index contributed by atoms with van der Waals surface area (Å²) in [5, 5.41) is 9.24. The molecule has 1 aliphatic rings. The average molecular weight is 291 g/mol. The summed E-state index contributed by atoms with van der Waals surface area (Å²) in [6, 6.07) is 3.59. The van der Waals surface area contributed by atoms with E-state index >= 15 is 0 Å². The summed E-state index contributed by atoms with van der Waals surface area (Å²) in [4.78, 5) is 25.4. The number of benzene rings is 1. The van der Waals surface area contributed by atoms with Crippen molar-refractivity contribution in [3.63, 3.8) is 0 Å². The molecule has 0 unspecified atom stereocenters. The molecule has 2 rings (SSSR count). The van der Waals surface area contributed by atoms with Gasteiger partial charge in [0.2, 0.25) is 0 Å². The van der Waals surface area contributed by atoms with Crippen molar-refractivity contribution in [2.75, 3.05) is 20.2 Å². The van der Waals surface area contributed by atoms with Crippen molar-refractivity contribution in [3.05, 3.63) is 28.8 Å². The molecule has 0 spiro atoms. The molecule has 0 saturated carbocycles. The highest BCUT2D eigenvalue weighted by Crippen LogP contribution is 2.32. The third kappa shape index (κ3) is 2.73. The fraction of sp³-hybridized carbons (Fsp3) is 0.500. The first-order chi connectivity index (χ1) is 9.78. The Hall–Kier alpha value is -2.04. The fourth-order valence-electron chi connectivity index (χ4n) is 2.89. The first-order valence-electron chi connectivity index (χ1n) is 6.96. The molecule has 1 amide bonds. The summed E-state index contributed by atoms with van der Waals surface area (Å²) in [7, 11) is 1.61. The SMILES string of the molecule is COc1c(C)cc(C(=O)N2CC[C@](C)(C(=O)O)C2)cc1C. The predicted octanol–water partition coefficient (Wildman–Crippen LogP) is 2.25. The Morgan fingerprint density at radius 3 is 2.29 bits per heavy atom. The Morgan fingerprint density at radius 2 is 1.86 bits per heavy atom. The monoisotopic (exact) mass is 291 g/mol. The maximum Gasteiger partial charge on any atom is 0.311 e. The number of methoxy groups -OCH3 is 1. The van der Waals surface area contributed by atoms with Crippen molar-refractivity contribution in [2.24, 2.45) is 5.41 Å². The molecule has 1 aromatic rings. The van der Waals surface area contributed by atoms with Crippen LogP contribution in [0.1, 0.15) is 34.8 Å². The number of aryl methyl sites for hydroxylation is 2. The summed E-state index contributed by atoms with van der Waals surface area (Å²) in [5.74, 6) is -0.183. The van der Waals surface area contributed by atoms with Gasteiger partial charge in [0, 0.05) is 18.7 Å². The molecule has 5 nitrogen and oxygen atoms in total. The number of hydrogen-bond donors (Lipinski definition) is 1. The van der Waals surface area contributed by atoms with Gasteiger partial charge < -0.3 is 14.7 Å². The second-order valence-corrected chi connectivity index (χ2v) is 5.99. The highest BCUT2D eigenvalue weighted by Gasteiger charge is 2.42. The van der Waals surface area contributed by atoms with Crippen LogP contribution in [-0.2, 0) is 4.79 Å². The van der Waals surface area contributed by atoms with Crippen LogP contribution in [-0.4, -0.2) is 42.1 Å². The molecule has 21 heavy (non-hydrogen) atoms. The maximum absolute atomic E-state index is 12.6. The highest BCUT2D eigenvalue weighted by atomic mass is 16.5. The van der Waals surface area contributed by atoms with E-state index in [2.05, 4.69) is 0 Å². The van der Waals surface area contributed by atoms with E-state index < -0.39 is 11.4 Å². The normalized spacial score (nSPS) is 21.4. The highest BCUT2D eigenvalue weighted by molar-refractivity contribution is 5.95. The lowest BCUT2D eigenvalue weighted by molar-refractivity contribution is -0.147. The molecule has 114 valence electrons. The van der Waals surface area contributed by atoms with Crippen molar-refractivity contribution in [3.8, 4) is 5.75 Å². The Labute approximate surface area is 124 Å². The number of aliphatic carboxylic acids is 1. The molecule has 0 bridgehead atoms. The minimum absolute atomic E-state index is 0.117. The largest absolute Gasteiger partial charge is 0.496 e. The second kappa shape index (κ2) is 5.39. The summed E-state index contributed by atoms with van der Waals surface area (Å²) in [6.07, 6.45) is 0.488. The zero-order chi connectivity index (χ0) is 15.8. The summed E-state index contributed by atoms with van der Waals surface area (Å²) >= 11 is 0. The number of likely N-dealkylation sites (tertiary alicyclic amines) is 1. The van der Waals surface area contributed by atoms with Gasteiger partial charge in [0.15, 0.2) is 0 Å². The topological polar surface area (TPSA) is 66.8 Å². The fourth-order valence-corrected chi connectivity index (χ4v) is 2.89. The molecule has 1 saturated heterocycles. The molecular formula is C16H21NO4. The molecular weight excluding hydrogens is 270 g/mol. The number of carboxylic acid groups (broad SMARTS) is 1. The Balaban J connectivity index is 2.24. The van der Waals surface area contributed by atoms with Gasteiger partial charge in [-0.15, -0.1) is 0 Å². The van der Waals surface area contributed by atoms with Crippen LogP contribution in [0.3, 0.4) is 0 Å². The van der Waals surface area contributed by atoms with E-state index in [9.17, 15) is 14.7 Å². The first-order valence-corrected chi connectivity index (χ1v) is 6.96. The molecule has 5 heteroatoms. The number of carboxylic acids is 1. The van der Waals surface area contributed by atoms with Gasteiger partial charge in [-0.25, -0.2) is 0 Å². The van der Waals surface area contributed by atoms with E-state index in [0.29, 0.717) is 18.5 Å². The lowest BCUT2D eigenvalue weighted by Crippen LogP contribution is -2.34. The first kappa shape index (κ1) is 15.4. The molecule has 0 aliphatic carbocycles. The number of carbonyl (C=O) groups excluding carboxylic acids is 1.